The normalized spacial score (nSPS) is 20.3. The maximum atomic E-state index is 12.5. The monoisotopic (exact) mass is 452 g/mol. The molecule has 1 N–H and O–H groups in total. The number of hydrogen-bond acceptors (Lipinski definition) is 8. The summed E-state index contributed by atoms with van der Waals surface area (Å²) in [5, 5.41) is 11.6. The standard InChI is InChI=1S/C19H24N4O5S2/c1-12(18(24)20-9-13-3-4-15-16(7-13)28-11-27-15)29-19-22-21-17(23(19)2)8-14-5-6-30(25,26)10-14/h3-4,7,12,14H,5-6,8-11H2,1-2H3,(H,20,24)/t12-,14-/m0/s1. The number of thioether (sulfide) groups is 1. The summed E-state index contributed by atoms with van der Waals surface area (Å²) in [5.74, 6) is 2.57. The molecule has 0 unspecified atom stereocenters. The molecule has 0 radical (unpaired) electrons. The van der Waals surface area contributed by atoms with Gasteiger partial charge in [0.15, 0.2) is 26.5 Å². The molecule has 0 bridgehead atoms. The van der Waals surface area contributed by atoms with Gasteiger partial charge < -0.3 is 19.4 Å². The molecule has 1 saturated heterocycles. The van der Waals surface area contributed by atoms with Crippen molar-refractivity contribution in [1.29, 1.82) is 0 Å². The van der Waals surface area contributed by atoms with Gasteiger partial charge in [-0.2, -0.15) is 0 Å². The number of carbonyl (C=O) groups is 1. The summed E-state index contributed by atoms with van der Waals surface area (Å²) in [4.78, 5) is 12.5. The van der Waals surface area contributed by atoms with Gasteiger partial charge in [0.05, 0.1) is 16.8 Å². The second-order valence-corrected chi connectivity index (χ2v) is 11.1. The highest BCUT2D eigenvalue weighted by Gasteiger charge is 2.29. The lowest BCUT2D eigenvalue weighted by Crippen LogP contribution is -2.30. The number of rotatable bonds is 7. The molecule has 4 rings (SSSR count). The Bertz CT molecular complexity index is 1050. The van der Waals surface area contributed by atoms with Gasteiger partial charge in [-0.3, -0.25) is 4.79 Å². The van der Waals surface area contributed by atoms with Crippen molar-refractivity contribution in [2.24, 2.45) is 13.0 Å². The Hall–Kier alpha value is -2.27. The van der Waals surface area contributed by atoms with E-state index in [-0.39, 0.29) is 35.4 Å². The number of sulfone groups is 1. The minimum Gasteiger partial charge on any atom is -0.454 e. The average molecular weight is 453 g/mol. The van der Waals surface area contributed by atoms with Crippen molar-refractivity contribution >= 4 is 27.5 Å². The van der Waals surface area contributed by atoms with E-state index in [2.05, 4.69) is 15.5 Å². The Balaban J connectivity index is 1.30. The fourth-order valence-electron chi connectivity index (χ4n) is 3.51. The largest absolute Gasteiger partial charge is 0.454 e. The van der Waals surface area contributed by atoms with Crippen molar-refractivity contribution in [3.63, 3.8) is 0 Å². The summed E-state index contributed by atoms with van der Waals surface area (Å²) in [6.07, 6.45) is 1.24. The Morgan fingerprint density at radius 2 is 2.13 bits per heavy atom. The van der Waals surface area contributed by atoms with E-state index in [4.69, 9.17) is 9.47 Å². The molecule has 3 heterocycles. The lowest BCUT2D eigenvalue weighted by molar-refractivity contribution is -0.120. The third-order valence-corrected chi connectivity index (χ3v) is 8.25. The van der Waals surface area contributed by atoms with Gasteiger partial charge in [0.25, 0.3) is 0 Å². The van der Waals surface area contributed by atoms with E-state index >= 15 is 0 Å². The highest BCUT2D eigenvalue weighted by Crippen LogP contribution is 2.32. The van der Waals surface area contributed by atoms with Crippen LogP contribution in [0, 0.1) is 5.92 Å². The van der Waals surface area contributed by atoms with Crippen molar-refractivity contribution in [3.8, 4) is 11.5 Å². The van der Waals surface area contributed by atoms with Crippen LogP contribution in [-0.4, -0.2) is 52.6 Å². The summed E-state index contributed by atoms with van der Waals surface area (Å²) in [5.41, 5.74) is 0.928. The zero-order valence-corrected chi connectivity index (χ0v) is 18.5. The molecule has 162 valence electrons. The van der Waals surface area contributed by atoms with E-state index in [0.29, 0.717) is 36.0 Å². The van der Waals surface area contributed by atoms with Crippen molar-refractivity contribution in [2.75, 3.05) is 18.3 Å². The van der Waals surface area contributed by atoms with E-state index < -0.39 is 9.84 Å². The quantitative estimate of drug-likeness (QED) is 0.626. The molecule has 11 heteroatoms. The van der Waals surface area contributed by atoms with Gasteiger partial charge in [-0.1, -0.05) is 17.8 Å². The van der Waals surface area contributed by atoms with Crippen LogP contribution in [0.25, 0.3) is 0 Å². The lowest BCUT2D eigenvalue weighted by atomic mass is 10.1. The van der Waals surface area contributed by atoms with Crippen LogP contribution in [0.5, 0.6) is 11.5 Å². The number of nitrogens with zero attached hydrogens (tertiary/aromatic N) is 3. The van der Waals surface area contributed by atoms with Crippen LogP contribution < -0.4 is 14.8 Å². The molecule has 1 fully saturated rings. The molecule has 9 nitrogen and oxygen atoms in total. The summed E-state index contributed by atoms with van der Waals surface area (Å²) in [6.45, 7) is 2.42. The maximum absolute atomic E-state index is 12.5. The van der Waals surface area contributed by atoms with Gasteiger partial charge >= 0.3 is 0 Å². The number of carbonyl (C=O) groups excluding carboxylic acids is 1. The zero-order valence-electron chi connectivity index (χ0n) is 16.8. The van der Waals surface area contributed by atoms with Crippen molar-refractivity contribution in [2.45, 2.75) is 36.7 Å². The topological polar surface area (TPSA) is 112 Å². The van der Waals surface area contributed by atoms with Crippen LogP contribution in [0.3, 0.4) is 0 Å². The summed E-state index contributed by atoms with van der Waals surface area (Å²) in [7, 11) is -1.07. The van der Waals surface area contributed by atoms with Crippen LogP contribution in [0.1, 0.15) is 24.7 Å². The summed E-state index contributed by atoms with van der Waals surface area (Å²) in [6, 6.07) is 5.58. The maximum Gasteiger partial charge on any atom is 0.233 e. The van der Waals surface area contributed by atoms with Gasteiger partial charge in [-0.25, -0.2) is 8.42 Å². The number of ether oxygens (including phenoxy) is 2. The molecule has 2 aromatic rings. The lowest BCUT2D eigenvalue weighted by Gasteiger charge is -2.12. The first-order chi connectivity index (χ1) is 14.3. The smallest absolute Gasteiger partial charge is 0.233 e. The third-order valence-electron chi connectivity index (χ3n) is 5.28. The summed E-state index contributed by atoms with van der Waals surface area (Å²) < 4.78 is 35.8. The number of amides is 1. The van der Waals surface area contributed by atoms with Gasteiger partial charge in [-0.15, -0.1) is 10.2 Å². The van der Waals surface area contributed by atoms with Gasteiger partial charge in [0.2, 0.25) is 12.7 Å². The molecular formula is C19H24N4O5S2. The van der Waals surface area contributed by atoms with E-state index in [1.807, 2.05) is 36.7 Å². The number of nitrogens with one attached hydrogen (secondary N) is 1. The minimum absolute atomic E-state index is 0.0816. The first kappa shape index (κ1) is 21.0. The second kappa shape index (κ2) is 8.46. The predicted octanol–water partition coefficient (Wildman–Crippen LogP) is 1.32. The average Bonchev–Trinajstić information content (AvgIpc) is 3.40. The van der Waals surface area contributed by atoms with Crippen LogP contribution in [-0.2, 0) is 34.6 Å². The molecule has 0 spiro atoms. The van der Waals surface area contributed by atoms with Crippen molar-refractivity contribution in [1.82, 2.24) is 20.1 Å². The zero-order chi connectivity index (χ0) is 21.3. The van der Waals surface area contributed by atoms with E-state index in [9.17, 15) is 13.2 Å². The highest BCUT2D eigenvalue weighted by molar-refractivity contribution is 8.00. The van der Waals surface area contributed by atoms with Crippen molar-refractivity contribution in [3.05, 3.63) is 29.6 Å². The second-order valence-electron chi connectivity index (χ2n) is 7.60. The third kappa shape index (κ3) is 4.72. The first-order valence-electron chi connectivity index (χ1n) is 9.72. The van der Waals surface area contributed by atoms with Crippen LogP contribution in [0.15, 0.2) is 23.4 Å². The number of aromatic nitrogens is 3. The Labute approximate surface area is 179 Å². The van der Waals surface area contributed by atoms with Gasteiger partial charge in [0.1, 0.15) is 5.82 Å². The SMILES string of the molecule is C[C@H](Sc1nnc(C[C@@H]2CCS(=O)(=O)C2)n1C)C(=O)NCc1ccc2c(c1)OCO2. The molecule has 1 amide bonds. The van der Waals surface area contributed by atoms with Crippen LogP contribution in [0.2, 0.25) is 0 Å². The van der Waals surface area contributed by atoms with Crippen LogP contribution >= 0.6 is 11.8 Å². The van der Waals surface area contributed by atoms with Crippen molar-refractivity contribution < 1.29 is 22.7 Å². The molecule has 2 aliphatic rings. The molecule has 1 aromatic heterocycles. The molecular weight excluding hydrogens is 428 g/mol. The number of hydrogen-bond donors (Lipinski definition) is 1. The number of fused-ring (bicyclic) bond motifs is 1. The van der Waals surface area contributed by atoms with E-state index in [1.54, 1.807) is 0 Å². The Kier molecular flexibility index (Phi) is 5.92. The molecule has 2 aliphatic heterocycles. The molecule has 2 atom stereocenters. The Morgan fingerprint density at radius 1 is 1.33 bits per heavy atom. The molecule has 0 aliphatic carbocycles. The molecule has 1 aromatic carbocycles. The summed E-state index contributed by atoms with van der Waals surface area (Å²) >= 11 is 1.33. The highest BCUT2D eigenvalue weighted by atomic mass is 32.2. The van der Waals surface area contributed by atoms with E-state index in [1.165, 1.54) is 11.8 Å². The molecule has 30 heavy (non-hydrogen) atoms. The first-order valence-corrected chi connectivity index (χ1v) is 12.4. The predicted molar refractivity (Wildman–Crippen MR) is 111 cm³/mol. The Morgan fingerprint density at radius 3 is 2.90 bits per heavy atom. The fraction of sp³-hybridized carbons (Fsp3) is 0.526. The van der Waals surface area contributed by atoms with E-state index in [0.717, 1.165) is 11.4 Å². The molecule has 0 saturated carbocycles. The van der Waals surface area contributed by atoms with Gasteiger partial charge in [0, 0.05) is 20.0 Å². The van der Waals surface area contributed by atoms with Gasteiger partial charge in [-0.05, 0) is 37.0 Å². The number of benzene rings is 1. The fourth-order valence-corrected chi connectivity index (χ4v) is 6.23. The van der Waals surface area contributed by atoms with Crippen LogP contribution in [0.4, 0.5) is 0 Å². The minimum atomic E-state index is -2.91.